The van der Waals surface area contributed by atoms with E-state index in [1.54, 1.807) is 0 Å². The van der Waals surface area contributed by atoms with Gasteiger partial charge in [-0.1, -0.05) is 6.92 Å². The summed E-state index contributed by atoms with van der Waals surface area (Å²) in [6.45, 7) is 7.62. The minimum atomic E-state index is 0.510. The number of aryl methyl sites for hydroxylation is 1. The van der Waals surface area contributed by atoms with Gasteiger partial charge < -0.3 is 5.32 Å². The zero-order valence-corrected chi connectivity index (χ0v) is 9.25. The van der Waals surface area contributed by atoms with Gasteiger partial charge in [0, 0.05) is 24.8 Å². The van der Waals surface area contributed by atoms with Gasteiger partial charge in [-0.2, -0.15) is 5.10 Å². The van der Waals surface area contributed by atoms with E-state index in [2.05, 4.69) is 31.2 Å². The lowest BCUT2D eigenvalue weighted by atomic mass is 10.0. The van der Waals surface area contributed by atoms with Crippen molar-refractivity contribution in [2.75, 3.05) is 5.32 Å². The highest BCUT2D eigenvalue weighted by Gasteiger charge is 2.42. The zero-order valence-electron chi connectivity index (χ0n) is 9.25. The van der Waals surface area contributed by atoms with Crippen molar-refractivity contribution in [2.45, 2.75) is 46.2 Å². The molecule has 0 spiro atoms. The number of anilines is 1. The quantitative estimate of drug-likeness (QED) is 0.796. The summed E-state index contributed by atoms with van der Waals surface area (Å²) < 4.78 is 1.95. The van der Waals surface area contributed by atoms with Crippen LogP contribution in [0.25, 0.3) is 0 Å². The van der Waals surface area contributed by atoms with Crippen molar-refractivity contribution in [3.63, 3.8) is 0 Å². The number of rotatable bonds is 4. The first kappa shape index (κ1) is 9.56. The molecule has 3 heteroatoms. The van der Waals surface area contributed by atoms with Crippen molar-refractivity contribution in [1.29, 1.82) is 0 Å². The topological polar surface area (TPSA) is 29.9 Å². The molecule has 1 aliphatic carbocycles. The normalized spacial score (nSPS) is 20.5. The highest BCUT2D eigenvalue weighted by atomic mass is 15.3. The van der Waals surface area contributed by atoms with Crippen LogP contribution in [-0.4, -0.2) is 15.8 Å². The minimum absolute atomic E-state index is 0.510. The fourth-order valence-electron chi connectivity index (χ4n) is 1.64. The van der Waals surface area contributed by atoms with E-state index in [-0.39, 0.29) is 0 Å². The van der Waals surface area contributed by atoms with Crippen molar-refractivity contribution >= 4 is 5.82 Å². The highest BCUT2D eigenvalue weighted by Crippen LogP contribution is 2.48. The van der Waals surface area contributed by atoms with Crippen molar-refractivity contribution in [3.05, 3.63) is 12.3 Å². The summed E-state index contributed by atoms with van der Waals surface area (Å²) in [5, 5.41) is 7.88. The third-order valence-electron chi connectivity index (χ3n) is 3.41. The van der Waals surface area contributed by atoms with Crippen LogP contribution in [0.4, 0.5) is 5.82 Å². The molecule has 1 fully saturated rings. The third-order valence-corrected chi connectivity index (χ3v) is 3.41. The Kier molecular flexibility index (Phi) is 2.25. The maximum Gasteiger partial charge on any atom is 0.148 e. The van der Waals surface area contributed by atoms with Gasteiger partial charge in [-0.15, -0.1) is 0 Å². The standard InChI is InChI=1S/C11H19N3/c1-4-14-8-5-10(13-14)12-9(2)11(3)6-7-11/h5,8-9H,4,6-7H2,1-3H3,(H,12,13). The first-order chi connectivity index (χ1) is 6.64. The largest absolute Gasteiger partial charge is 0.366 e. The van der Waals surface area contributed by atoms with Gasteiger partial charge in [-0.3, -0.25) is 4.68 Å². The summed E-state index contributed by atoms with van der Waals surface area (Å²) in [7, 11) is 0. The van der Waals surface area contributed by atoms with Crippen LogP contribution in [0, 0.1) is 5.41 Å². The molecule has 0 bridgehead atoms. The summed E-state index contributed by atoms with van der Waals surface area (Å²) in [4.78, 5) is 0. The van der Waals surface area contributed by atoms with Crippen LogP contribution in [0.1, 0.15) is 33.6 Å². The molecule has 1 aliphatic rings. The SMILES string of the molecule is CCn1ccc(NC(C)C2(C)CC2)n1. The maximum absolute atomic E-state index is 4.42. The first-order valence-electron chi connectivity index (χ1n) is 5.44. The van der Waals surface area contributed by atoms with Crippen molar-refractivity contribution in [1.82, 2.24) is 9.78 Å². The van der Waals surface area contributed by atoms with E-state index in [0.717, 1.165) is 12.4 Å². The number of nitrogens with zero attached hydrogens (tertiary/aromatic N) is 2. The summed E-state index contributed by atoms with van der Waals surface area (Å²) in [5.41, 5.74) is 0.510. The Bertz CT molecular complexity index is 312. The monoisotopic (exact) mass is 193 g/mol. The Morgan fingerprint density at radius 1 is 1.64 bits per heavy atom. The second kappa shape index (κ2) is 3.30. The van der Waals surface area contributed by atoms with E-state index < -0.39 is 0 Å². The number of hydrogen-bond donors (Lipinski definition) is 1. The number of aromatic nitrogens is 2. The summed E-state index contributed by atoms with van der Waals surface area (Å²) in [6.07, 6.45) is 4.70. The lowest BCUT2D eigenvalue weighted by Gasteiger charge is -2.19. The van der Waals surface area contributed by atoms with Gasteiger partial charge in [-0.25, -0.2) is 0 Å². The molecule has 0 radical (unpaired) electrons. The Hall–Kier alpha value is -0.990. The number of nitrogens with one attached hydrogen (secondary N) is 1. The van der Waals surface area contributed by atoms with Crippen LogP contribution in [-0.2, 0) is 6.54 Å². The molecule has 1 aromatic rings. The fraction of sp³-hybridized carbons (Fsp3) is 0.727. The number of hydrogen-bond acceptors (Lipinski definition) is 2. The van der Waals surface area contributed by atoms with Crippen molar-refractivity contribution < 1.29 is 0 Å². The van der Waals surface area contributed by atoms with E-state index in [1.165, 1.54) is 12.8 Å². The molecule has 2 rings (SSSR count). The average Bonchev–Trinajstić information content (AvgIpc) is 2.77. The van der Waals surface area contributed by atoms with E-state index in [0.29, 0.717) is 11.5 Å². The molecular formula is C11H19N3. The molecular weight excluding hydrogens is 174 g/mol. The van der Waals surface area contributed by atoms with Gasteiger partial charge in [0.25, 0.3) is 0 Å². The van der Waals surface area contributed by atoms with Crippen LogP contribution >= 0.6 is 0 Å². The molecule has 1 N–H and O–H groups in total. The molecule has 1 aromatic heterocycles. The Labute approximate surface area is 85.5 Å². The molecule has 78 valence electrons. The van der Waals surface area contributed by atoms with Gasteiger partial charge in [0.1, 0.15) is 5.82 Å². The van der Waals surface area contributed by atoms with Gasteiger partial charge in [0.15, 0.2) is 0 Å². The average molecular weight is 193 g/mol. The Balaban J connectivity index is 1.96. The van der Waals surface area contributed by atoms with Crippen molar-refractivity contribution in [2.24, 2.45) is 5.41 Å². The molecule has 0 amide bonds. The van der Waals surface area contributed by atoms with Crippen LogP contribution in [0.15, 0.2) is 12.3 Å². The summed E-state index contributed by atoms with van der Waals surface area (Å²) in [5.74, 6) is 1.01. The summed E-state index contributed by atoms with van der Waals surface area (Å²) in [6, 6.07) is 2.58. The van der Waals surface area contributed by atoms with Crippen LogP contribution in [0.2, 0.25) is 0 Å². The van der Waals surface area contributed by atoms with Crippen LogP contribution in [0.3, 0.4) is 0 Å². The third kappa shape index (κ3) is 1.76. The van der Waals surface area contributed by atoms with Gasteiger partial charge >= 0.3 is 0 Å². The van der Waals surface area contributed by atoms with E-state index in [9.17, 15) is 0 Å². The van der Waals surface area contributed by atoms with Crippen LogP contribution < -0.4 is 5.32 Å². The van der Waals surface area contributed by atoms with Gasteiger partial charge in [0.2, 0.25) is 0 Å². The van der Waals surface area contributed by atoms with Gasteiger partial charge in [-0.05, 0) is 32.1 Å². The van der Waals surface area contributed by atoms with Crippen LogP contribution in [0.5, 0.6) is 0 Å². The lowest BCUT2D eigenvalue weighted by molar-refractivity contribution is 0.491. The first-order valence-corrected chi connectivity index (χ1v) is 5.44. The predicted octanol–water partition coefficient (Wildman–Crippen LogP) is 2.50. The van der Waals surface area contributed by atoms with Gasteiger partial charge in [0.05, 0.1) is 0 Å². The molecule has 14 heavy (non-hydrogen) atoms. The predicted molar refractivity (Wildman–Crippen MR) is 58.3 cm³/mol. The Morgan fingerprint density at radius 2 is 2.36 bits per heavy atom. The molecule has 1 atom stereocenters. The second-order valence-corrected chi connectivity index (χ2v) is 4.58. The summed E-state index contributed by atoms with van der Waals surface area (Å²) >= 11 is 0. The molecule has 1 saturated carbocycles. The van der Waals surface area contributed by atoms with Crippen molar-refractivity contribution in [3.8, 4) is 0 Å². The molecule has 3 nitrogen and oxygen atoms in total. The minimum Gasteiger partial charge on any atom is -0.366 e. The van der Waals surface area contributed by atoms with E-state index in [4.69, 9.17) is 0 Å². The maximum atomic E-state index is 4.42. The second-order valence-electron chi connectivity index (χ2n) is 4.58. The van der Waals surface area contributed by atoms with E-state index in [1.807, 2.05) is 16.9 Å². The molecule has 0 saturated heterocycles. The molecule has 0 aromatic carbocycles. The Morgan fingerprint density at radius 3 is 2.86 bits per heavy atom. The van der Waals surface area contributed by atoms with E-state index >= 15 is 0 Å². The lowest BCUT2D eigenvalue weighted by Crippen LogP contribution is -2.25. The highest BCUT2D eigenvalue weighted by molar-refractivity contribution is 5.34. The zero-order chi connectivity index (χ0) is 10.2. The molecule has 1 heterocycles. The molecule has 0 aliphatic heterocycles. The molecule has 1 unspecified atom stereocenters. The smallest absolute Gasteiger partial charge is 0.148 e. The fourth-order valence-corrected chi connectivity index (χ4v) is 1.64.